The van der Waals surface area contributed by atoms with Crippen LogP contribution >= 0.6 is 0 Å². The third-order valence-corrected chi connectivity index (χ3v) is 8.60. The van der Waals surface area contributed by atoms with Crippen LogP contribution in [0.1, 0.15) is 98.4 Å². The van der Waals surface area contributed by atoms with E-state index in [-0.39, 0.29) is 20.1 Å². The molecule has 40 heavy (non-hydrogen) atoms. The van der Waals surface area contributed by atoms with Gasteiger partial charge in [-0.1, -0.05) is 68.9 Å². The molecule has 0 spiro atoms. The smallest absolute Gasteiger partial charge is 0.148 e. The molecule has 1 heterocycles. The van der Waals surface area contributed by atoms with Crippen molar-refractivity contribution in [1.29, 1.82) is 10.5 Å². The summed E-state index contributed by atoms with van der Waals surface area (Å²) in [6.45, 7) is 0. The topological polar surface area (TPSA) is 65.4 Å². The Hall–Kier alpha value is -3.50. The minimum atomic E-state index is 0. The molecule has 3 aromatic carbocycles. The van der Waals surface area contributed by atoms with Crippen LogP contribution in [0, 0.1) is 28.7 Å². The summed E-state index contributed by atoms with van der Waals surface area (Å²) in [6.07, 6.45) is 14.2. The fourth-order valence-electron chi connectivity index (χ4n) is 6.66. The van der Waals surface area contributed by atoms with Crippen molar-refractivity contribution in [2.45, 2.75) is 76.0 Å². The molecule has 4 nitrogen and oxygen atoms in total. The Labute approximate surface area is 251 Å². The fourth-order valence-corrected chi connectivity index (χ4v) is 6.66. The maximum atomic E-state index is 9.91. The van der Waals surface area contributed by atoms with Crippen molar-refractivity contribution < 1.29 is 20.1 Å². The van der Waals surface area contributed by atoms with Gasteiger partial charge in [-0.3, -0.25) is 4.98 Å². The minimum absolute atomic E-state index is 0. The number of hydrogen-bond acceptors (Lipinski definition) is 3. The summed E-state index contributed by atoms with van der Waals surface area (Å²) in [4.78, 5) is 4.77. The predicted molar refractivity (Wildman–Crippen MR) is 154 cm³/mol. The standard InChI is InChI=1S/C35H33N4.Ir/c36-22-25-11-10-18-29(19-25)35-38-31(23-37)24-39(35)34-32(27-14-6-2-7-15-27)20-30(26-12-4-1-5-13-26)21-33(34)28-16-8-3-9-17-28;/h1,4-5,10-13,19-21,24,27-28H,2-3,6-9,14-17H2;/q-1;. The van der Waals surface area contributed by atoms with Gasteiger partial charge in [0.1, 0.15) is 11.8 Å². The second-order valence-electron chi connectivity index (χ2n) is 11.1. The van der Waals surface area contributed by atoms with E-state index in [1.807, 2.05) is 12.3 Å². The van der Waals surface area contributed by atoms with E-state index in [2.05, 4.69) is 65.2 Å². The molecule has 1 radical (unpaired) electrons. The molecule has 0 bridgehead atoms. The maximum absolute atomic E-state index is 9.91. The van der Waals surface area contributed by atoms with Gasteiger partial charge in [0.25, 0.3) is 0 Å². The average Bonchev–Trinajstić information content (AvgIpc) is 3.46. The van der Waals surface area contributed by atoms with Crippen LogP contribution in [0.2, 0.25) is 0 Å². The molecule has 2 aliphatic carbocycles. The summed E-state index contributed by atoms with van der Waals surface area (Å²) in [6, 6.07) is 28.8. The molecule has 203 valence electrons. The van der Waals surface area contributed by atoms with Gasteiger partial charge in [-0.05, 0) is 77.5 Å². The van der Waals surface area contributed by atoms with E-state index in [1.165, 1.54) is 92.1 Å². The average molecular weight is 702 g/mol. The first-order valence-electron chi connectivity index (χ1n) is 14.4. The number of aromatic nitrogens is 2. The summed E-state index contributed by atoms with van der Waals surface area (Å²) in [5, 5.41) is 19.5. The molecule has 0 amide bonds. The Morgan fingerprint density at radius 2 is 1.38 bits per heavy atom. The summed E-state index contributed by atoms with van der Waals surface area (Å²) in [5.74, 6) is 1.62. The van der Waals surface area contributed by atoms with Crippen LogP contribution in [0.4, 0.5) is 0 Å². The molecule has 4 aromatic rings. The summed E-state index contributed by atoms with van der Waals surface area (Å²) < 4.78 is 2.16. The molecule has 2 saturated carbocycles. The Balaban J connectivity index is 0.00000323. The van der Waals surface area contributed by atoms with E-state index in [0.29, 0.717) is 28.9 Å². The Morgan fingerprint density at radius 3 is 1.95 bits per heavy atom. The van der Waals surface area contributed by atoms with Crippen LogP contribution in [-0.2, 0) is 20.1 Å². The molecule has 0 unspecified atom stereocenters. The first-order valence-corrected chi connectivity index (χ1v) is 14.4. The van der Waals surface area contributed by atoms with Crippen LogP contribution in [0.3, 0.4) is 0 Å². The zero-order valence-corrected chi connectivity index (χ0v) is 25.1. The summed E-state index contributed by atoms with van der Waals surface area (Å²) in [5.41, 5.74) is 8.17. The van der Waals surface area contributed by atoms with Crippen LogP contribution in [0.25, 0.3) is 28.2 Å². The van der Waals surface area contributed by atoms with Crippen molar-refractivity contribution in [3.05, 3.63) is 95.3 Å². The van der Waals surface area contributed by atoms with Gasteiger partial charge in [0.05, 0.1) is 11.9 Å². The van der Waals surface area contributed by atoms with E-state index in [4.69, 9.17) is 4.98 Å². The summed E-state index contributed by atoms with van der Waals surface area (Å²) >= 11 is 0. The second-order valence-corrected chi connectivity index (χ2v) is 11.1. The van der Waals surface area contributed by atoms with Gasteiger partial charge >= 0.3 is 0 Å². The van der Waals surface area contributed by atoms with Crippen molar-refractivity contribution in [3.8, 4) is 40.3 Å². The fraction of sp³-hybridized carbons (Fsp3) is 0.343. The zero-order valence-electron chi connectivity index (χ0n) is 22.7. The van der Waals surface area contributed by atoms with Gasteiger partial charge in [0.2, 0.25) is 0 Å². The van der Waals surface area contributed by atoms with Crippen molar-refractivity contribution in [2.75, 3.05) is 0 Å². The third kappa shape index (κ3) is 5.69. The number of benzene rings is 3. The van der Waals surface area contributed by atoms with E-state index in [0.717, 1.165) is 5.56 Å². The van der Waals surface area contributed by atoms with Gasteiger partial charge in [-0.2, -0.15) is 10.5 Å². The molecular weight excluding hydrogens is 669 g/mol. The number of nitriles is 2. The van der Waals surface area contributed by atoms with Gasteiger partial charge in [-0.15, -0.1) is 29.8 Å². The van der Waals surface area contributed by atoms with Gasteiger partial charge < -0.3 is 4.57 Å². The first-order chi connectivity index (χ1) is 19.2. The second kappa shape index (κ2) is 12.8. The quantitative estimate of drug-likeness (QED) is 0.195. The maximum Gasteiger partial charge on any atom is 0.148 e. The molecule has 6 rings (SSSR count). The van der Waals surface area contributed by atoms with Gasteiger partial charge in [0.15, 0.2) is 0 Å². The van der Waals surface area contributed by atoms with Crippen molar-refractivity contribution in [1.82, 2.24) is 9.55 Å². The SMILES string of the molecule is N#Cc1cc[c-]c(-c2nc(C#N)cn2-c2c(C3CCCCC3)cc(-c3ccccc3)cc2C2CCCCC2)c1.[Ir]. The van der Waals surface area contributed by atoms with E-state index in [1.54, 1.807) is 12.1 Å². The molecule has 0 aliphatic heterocycles. The Kier molecular flexibility index (Phi) is 8.96. The number of rotatable bonds is 5. The number of nitrogens with zero attached hydrogens (tertiary/aromatic N) is 4. The number of imidazole rings is 1. The van der Waals surface area contributed by atoms with Crippen molar-refractivity contribution in [3.63, 3.8) is 0 Å². The van der Waals surface area contributed by atoms with Crippen LogP contribution in [0.15, 0.2) is 66.9 Å². The molecule has 0 atom stereocenters. The van der Waals surface area contributed by atoms with Crippen molar-refractivity contribution in [2.24, 2.45) is 0 Å². The Bertz CT molecular complexity index is 1510. The van der Waals surface area contributed by atoms with Crippen LogP contribution < -0.4 is 0 Å². The van der Waals surface area contributed by atoms with E-state index < -0.39 is 0 Å². The van der Waals surface area contributed by atoms with Crippen molar-refractivity contribution >= 4 is 0 Å². The molecule has 5 heteroatoms. The van der Waals surface area contributed by atoms with Gasteiger partial charge in [-0.25, -0.2) is 0 Å². The van der Waals surface area contributed by atoms with Gasteiger partial charge in [0, 0.05) is 32.0 Å². The molecule has 2 aliphatic rings. The van der Waals surface area contributed by atoms with E-state index in [9.17, 15) is 10.5 Å². The largest absolute Gasteiger partial charge is 0.338 e. The molecular formula is C35H33IrN4-. The number of hydrogen-bond donors (Lipinski definition) is 0. The van der Waals surface area contributed by atoms with E-state index >= 15 is 0 Å². The third-order valence-electron chi connectivity index (χ3n) is 8.60. The summed E-state index contributed by atoms with van der Waals surface area (Å²) in [7, 11) is 0. The normalized spacial score (nSPS) is 16.1. The van der Waals surface area contributed by atoms with Crippen LogP contribution in [0.5, 0.6) is 0 Å². The Morgan fingerprint density at radius 1 is 0.750 bits per heavy atom. The first kappa shape index (κ1) is 28.0. The zero-order chi connectivity index (χ0) is 26.6. The molecule has 0 saturated heterocycles. The minimum Gasteiger partial charge on any atom is -0.338 e. The monoisotopic (exact) mass is 702 g/mol. The molecule has 0 N–H and O–H groups in total. The molecule has 1 aromatic heterocycles. The van der Waals surface area contributed by atoms with Crippen LogP contribution in [-0.4, -0.2) is 9.55 Å². The molecule has 2 fully saturated rings. The predicted octanol–water partition coefficient (Wildman–Crippen LogP) is 8.84.